The van der Waals surface area contributed by atoms with E-state index in [2.05, 4.69) is 9.55 Å². The number of carbonyl (C=O) groups is 3. The van der Waals surface area contributed by atoms with Crippen LogP contribution in [0.2, 0.25) is 0 Å². The number of ether oxygens (including phenoxy) is 1. The second kappa shape index (κ2) is 10.8. The first kappa shape index (κ1) is 25.0. The SMILES string of the molecule is CCC(=O)c1ccc2c(c1)nc(-c1ccccn1)n2[C@@H]1CCC[C@H](CC(=O)c2ccc(C(=O)OC)s2)C1. The number of nitrogens with zero attached hydrogens (tertiary/aromatic N) is 3. The second-order valence-corrected chi connectivity index (χ2v) is 10.6. The van der Waals surface area contributed by atoms with Gasteiger partial charge in [-0.2, -0.15) is 0 Å². The smallest absolute Gasteiger partial charge is 0.348 e. The molecule has 0 saturated heterocycles. The van der Waals surface area contributed by atoms with Crippen molar-refractivity contribution < 1.29 is 19.1 Å². The molecule has 1 fully saturated rings. The molecular formula is C29H29N3O4S. The molecule has 0 bridgehead atoms. The lowest BCUT2D eigenvalue weighted by Gasteiger charge is -2.31. The Morgan fingerprint density at radius 2 is 1.89 bits per heavy atom. The number of thiophene rings is 1. The number of benzene rings is 1. The lowest BCUT2D eigenvalue weighted by molar-refractivity contribution is 0.0606. The Labute approximate surface area is 219 Å². The molecule has 0 N–H and O–H groups in total. The third-order valence-electron chi connectivity index (χ3n) is 7.09. The summed E-state index contributed by atoms with van der Waals surface area (Å²) in [6.07, 6.45) is 6.48. The van der Waals surface area contributed by atoms with Gasteiger partial charge in [0.25, 0.3) is 0 Å². The van der Waals surface area contributed by atoms with Crippen molar-refractivity contribution in [2.75, 3.05) is 7.11 Å². The molecule has 0 aliphatic heterocycles. The van der Waals surface area contributed by atoms with Gasteiger partial charge < -0.3 is 9.30 Å². The van der Waals surface area contributed by atoms with Crippen LogP contribution in [0.1, 0.15) is 81.2 Å². The summed E-state index contributed by atoms with van der Waals surface area (Å²) in [5.74, 6) is 0.754. The van der Waals surface area contributed by atoms with Gasteiger partial charge in [-0.3, -0.25) is 14.6 Å². The van der Waals surface area contributed by atoms with Gasteiger partial charge in [0.2, 0.25) is 0 Å². The number of Topliss-reactive ketones (excluding diaryl/α,β-unsaturated/α-hetero) is 2. The Balaban J connectivity index is 1.44. The molecule has 1 aliphatic carbocycles. The number of rotatable bonds is 8. The average Bonchev–Trinajstić information content (AvgIpc) is 3.58. The normalized spacial score (nSPS) is 17.6. The van der Waals surface area contributed by atoms with Gasteiger partial charge in [0, 0.05) is 30.6 Å². The third-order valence-corrected chi connectivity index (χ3v) is 8.19. The van der Waals surface area contributed by atoms with Crippen LogP contribution in [0.4, 0.5) is 0 Å². The highest BCUT2D eigenvalue weighted by atomic mass is 32.1. The van der Waals surface area contributed by atoms with Gasteiger partial charge in [0.15, 0.2) is 17.4 Å². The van der Waals surface area contributed by atoms with E-state index in [-0.39, 0.29) is 23.5 Å². The molecule has 1 aliphatic rings. The lowest BCUT2D eigenvalue weighted by Crippen LogP contribution is -2.22. The van der Waals surface area contributed by atoms with Gasteiger partial charge in [-0.05, 0) is 67.6 Å². The van der Waals surface area contributed by atoms with Gasteiger partial charge in [-0.25, -0.2) is 9.78 Å². The first-order chi connectivity index (χ1) is 18.0. The average molecular weight is 516 g/mol. The predicted octanol–water partition coefficient (Wildman–Crippen LogP) is 6.54. The molecule has 7 nitrogen and oxygen atoms in total. The third kappa shape index (κ3) is 5.11. The number of carbonyl (C=O) groups excluding carboxylic acids is 3. The number of methoxy groups -OCH3 is 1. The minimum atomic E-state index is -0.417. The largest absolute Gasteiger partial charge is 0.465 e. The van der Waals surface area contributed by atoms with Crippen LogP contribution in [-0.4, -0.2) is 39.2 Å². The summed E-state index contributed by atoms with van der Waals surface area (Å²) in [7, 11) is 1.34. The van der Waals surface area contributed by atoms with Crippen molar-refractivity contribution >= 4 is 39.9 Å². The van der Waals surface area contributed by atoms with E-state index in [1.165, 1.54) is 18.4 Å². The maximum atomic E-state index is 13.1. The fourth-order valence-corrected chi connectivity index (χ4v) is 6.14. The maximum absolute atomic E-state index is 13.1. The Morgan fingerprint density at radius 3 is 2.65 bits per heavy atom. The molecule has 0 unspecified atom stereocenters. The molecule has 1 aromatic carbocycles. The van der Waals surface area contributed by atoms with Crippen LogP contribution in [0, 0.1) is 5.92 Å². The monoisotopic (exact) mass is 515 g/mol. The Hall–Kier alpha value is -3.65. The Bertz CT molecular complexity index is 1460. The van der Waals surface area contributed by atoms with Gasteiger partial charge in [0.1, 0.15) is 10.6 Å². The fourth-order valence-electron chi connectivity index (χ4n) is 5.27. The molecule has 37 heavy (non-hydrogen) atoms. The summed E-state index contributed by atoms with van der Waals surface area (Å²) >= 11 is 1.19. The summed E-state index contributed by atoms with van der Waals surface area (Å²) in [5, 5.41) is 0. The fraction of sp³-hybridized carbons (Fsp3) is 0.345. The van der Waals surface area contributed by atoms with Crippen LogP contribution >= 0.6 is 11.3 Å². The number of fused-ring (bicyclic) bond motifs is 1. The highest BCUT2D eigenvalue weighted by Gasteiger charge is 2.29. The van der Waals surface area contributed by atoms with E-state index in [1.54, 1.807) is 18.3 Å². The summed E-state index contributed by atoms with van der Waals surface area (Å²) in [5.41, 5.74) is 3.22. The van der Waals surface area contributed by atoms with Crippen LogP contribution in [0.3, 0.4) is 0 Å². The van der Waals surface area contributed by atoms with E-state index in [0.717, 1.165) is 48.2 Å². The van der Waals surface area contributed by atoms with E-state index in [0.29, 0.717) is 28.2 Å². The number of imidazole rings is 1. The van der Waals surface area contributed by atoms with Crippen LogP contribution in [-0.2, 0) is 4.74 Å². The van der Waals surface area contributed by atoms with Crippen molar-refractivity contribution in [3.63, 3.8) is 0 Å². The highest BCUT2D eigenvalue weighted by Crippen LogP contribution is 2.40. The van der Waals surface area contributed by atoms with Crippen molar-refractivity contribution in [3.8, 4) is 11.5 Å². The van der Waals surface area contributed by atoms with Crippen LogP contribution in [0.15, 0.2) is 54.7 Å². The lowest BCUT2D eigenvalue weighted by atomic mass is 9.82. The van der Waals surface area contributed by atoms with Gasteiger partial charge in [-0.1, -0.05) is 19.4 Å². The molecule has 2 atom stereocenters. The number of pyridine rings is 1. The zero-order valence-corrected chi connectivity index (χ0v) is 21.8. The van der Waals surface area contributed by atoms with Gasteiger partial charge in [-0.15, -0.1) is 11.3 Å². The standard InChI is InChI=1S/C29H29N3O4S/c1-3-24(33)19-10-11-23-22(17-19)31-28(21-9-4-5-14-30-21)32(23)20-8-6-7-18(15-20)16-25(34)26-12-13-27(37-26)29(35)36-2/h4-5,9-14,17-18,20H,3,6-8,15-16H2,1-2H3/t18-,20+/m0/s1. The van der Waals surface area contributed by atoms with Gasteiger partial charge in [0.05, 0.1) is 23.0 Å². The summed E-state index contributed by atoms with van der Waals surface area (Å²) in [6, 6.07) is 15.1. The molecule has 190 valence electrons. The molecule has 4 aromatic rings. The zero-order chi connectivity index (χ0) is 25.9. The van der Waals surface area contributed by atoms with Crippen molar-refractivity contribution in [2.45, 2.75) is 51.5 Å². The first-order valence-electron chi connectivity index (χ1n) is 12.7. The molecule has 0 spiro atoms. The molecule has 0 amide bonds. The minimum absolute atomic E-state index is 0.0639. The number of aromatic nitrogens is 3. The highest BCUT2D eigenvalue weighted by molar-refractivity contribution is 7.15. The molecular weight excluding hydrogens is 486 g/mol. The minimum Gasteiger partial charge on any atom is -0.465 e. The predicted molar refractivity (Wildman–Crippen MR) is 143 cm³/mol. The summed E-state index contributed by atoms with van der Waals surface area (Å²) < 4.78 is 7.03. The zero-order valence-electron chi connectivity index (χ0n) is 21.0. The number of hydrogen-bond donors (Lipinski definition) is 0. The van der Waals surface area contributed by atoms with E-state index >= 15 is 0 Å². The quantitative estimate of drug-likeness (QED) is 0.195. The number of hydrogen-bond acceptors (Lipinski definition) is 7. The number of ketones is 2. The topological polar surface area (TPSA) is 91.1 Å². The Kier molecular flexibility index (Phi) is 7.28. The van der Waals surface area contributed by atoms with Crippen LogP contribution in [0.5, 0.6) is 0 Å². The molecule has 3 heterocycles. The summed E-state index contributed by atoms with van der Waals surface area (Å²) in [4.78, 5) is 47.7. The van der Waals surface area contributed by atoms with E-state index in [4.69, 9.17) is 9.72 Å². The van der Waals surface area contributed by atoms with Crippen molar-refractivity contribution in [1.82, 2.24) is 14.5 Å². The molecule has 8 heteroatoms. The van der Waals surface area contributed by atoms with Crippen molar-refractivity contribution in [3.05, 3.63) is 70.0 Å². The number of esters is 1. The molecule has 3 aromatic heterocycles. The van der Waals surface area contributed by atoms with E-state index in [1.807, 2.05) is 43.3 Å². The second-order valence-electron chi connectivity index (χ2n) is 9.47. The first-order valence-corrected chi connectivity index (χ1v) is 13.5. The van der Waals surface area contributed by atoms with Crippen molar-refractivity contribution in [2.24, 2.45) is 5.92 Å². The Morgan fingerprint density at radius 1 is 1.05 bits per heavy atom. The maximum Gasteiger partial charge on any atom is 0.348 e. The van der Waals surface area contributed by atoms with Crippen LogP contribution < -0.4 is 0 Å². The molecule has 1 saturated carbocycles. The van der Waals surface area contributed by atoms with Crippen molar-refractivity contribution in [1.29, 1.82) is 0 Å². The molecule has 5 rings (SSSR count). The van der Waals surface area contributed by atoms with E-state index in [9.17, 15) is 14.4 Å². The van der Waals surface area contributed by atoms with E-state index < -0.39 is 5.97 Å². The summed E-state index contributed by atoms with van der Waals surface area (Å²) in [6.45, 7) is 1.86. The van der Waals surface area contributed by atoms with Crippen LogP contribution in [0.25, 0.3) is 22.6 Å². The van der Waals surface area contributed by atoms with Gasteiger partial charge >= 0.3 is 5.97 Å². The molecule has 0 radical (unpaired) electrons.